The number of likely N-dealkylation sites (tertiary alicyclic amines) is 1. The van der Waals surface area contributed by atoms with E-state index in [0.29, 0.717) is 54.9 Å². The van der Waals surface area contributed by atoms with Crippen molar-refractivity contribution in [1.29, 1.82) is 0 Å². The maximum atomic E-state index is 13.2. The Morgan fingerprint density at radius 3 is 2.59 bits per heavy atom. The van der Waals surface area contributed by atoms with Crippen molar-refractivity contribution in [3.8, 4) is 11.8 Å². The zero-order valence-corrected chi connectivity index (χ0v) is 25.0. The lowest BCUT2D eigenvalue weighted by atomic mass is 9.94. The van der Waals surface area contributed by atoms with Crippen LogP contribution in [-0.2, 0) is 26.1 Å². The first kappa shape index (κ1) is 32.1. The molecule has 2 heterocycles. The molecule has 1 saturated heterocycles. The molecule has 1 unspecified atom stereocenters. The predicted molar refractivity (Wildman–Crippen MR) is 156 cm³/mol. The minimum atomic E-state index is -3.72. The lowest BCUT2D eigenvalue weighted by Gasteiger charge is -2.33. The fourth-order valence-electron chi connectivity index (χ4n) is 4.49. The monoisotopic (exact) mass is 588 g/mol. The number of carboxylic acid groups (broad SMARTS) is 1. The van der Waals surface area contributed by atoms with Crippen LogP contribution in [0.3, 0.4) is 0 Å². The lowest BCUT2D eigenvalue weighted by Crippen LogP contribution is -2.41. The van der Waals surface area contributed by atoms with Crippen molar-refractivity contribution in [2.24, 2.45) is 5.92 Å². The van der Waals surface area contributed by atoms with E-state index in [1.807, 2.05) is 27.7 Å². The molecular weight excluding hydrogens is 548 g/mol. The molecule has 2 aromatic rings. The van der Waals surface area contributed by atoms with Crippen molar-refractivity contribution in [3.05, 3.63) is 40.4 Å². The molecule has 11 nitrogen and oxygen atoms in total. The molecule has 1 aliphatic heterocycles. The van der Waals surface area contributed by atoms with Gasteiger partial charge in [-0.05, 0) is 70.6 Å². The van der Waals surface area contributed by atoms with Gasteiger partial charge in [-0.2, -0.15) is 4.72 Å². The zero-order valence-electron chi connectivity index (χ0n) is 24.2. The van der Waals surface area contributed by atoms with E-state index in [0.717, 1.165) is 19.3 Å². The highest BCUT2D eigenvalue weighted by Crippen LogP contribution is 2.23. The van der Waals surface area contributed by atoms with Gasteiger partial charge in [0.2, 0.25) is 10.0 Å². The second-order valence-corrected chi connectivity index (χ2v) is 13.2. The number of rotatable bonds is 10. The number of amides is 1. The van der Waals surface area contributed by atoms with E-state index in [1.165, 1.54) is 6.33 Å². The van der Waals surface area contributed by atoms with Crippen LogP contribution in [0.1, 0.15) is 71.8 Å². The largest absolute Gasteiger partial charge is 0.480 e. The molecule has 3 rings (SSSR count). The minimum absolute atomic E-state index is 0.143. The molecule has 2 N–H and O–H groups in total. The van der Waals surface area contributed by atoms with Gasteiger partial charge in [-0.1, -0.05) is 25.2 Å². The first-order chi connectivity index (χ1) is 19.3. The van der Waals surface area contributed by atoms with Crippen LogP contribution in [-0.4, -0.2) is 70.5 Å². The third-order valence-electron chi connectivity index (χ3n) is 6.79. The van der Waals surface area contributed by atoms with E-state index < -0.39 is 27.6 Å². The van der Waals surface area contributed by atoms with Gasteiger partial charge in [-0.3, -0.25) is 14.2 Å². The fourth-order valence-corrected chi connectivity index (χ4v) is 5.90. The van der Waals surface area contributed by atoms with Crippen LogP contribution in [0.4, 0.5) is 4.79 Å². The maximum absolute atomic E-state index is 13.2. The molecule has 0 bridgehead atoms. The molecule has 1 aromatic heterocycles. The molecule has 1 amide bonds. The van der Waals surface area contributed by atoms with Gasteiger partial charge in [0.1, 0.15) is 11.6 Å². The number of unbranched alkanes of at least 4 members (excludes halogenated alkanes) is 1. The van der Waals surface area contributed by atoms with Gasteiger partial charge in [0.05, 0.1) is 23.0 Å². The number of hydrogen-bond acceptors (Lipinski definition) is 7. The number of piperidine rings is 1. The molecule has 0 radical (unpaired) electrons. The Kier molecular flexibility index (Phi) is 10.9. The highest BCUT2D eigenvalue weighted by molar-refractivity contribution is 7.89. The van der Waals surface area contributed by atoms with E-state index >= 15 is 0 Å². The summed E-state index contributed by atoms with van der Waals surface area (Å²) in [4.78, 5) is 43.2. The molecule has 1 aromatic carbocycles. The van der Waals surface area contributed by atoms with E-state index in [4.69, 9.17) is 4.74 Å². The molecule has 1 aliphatic rings. The Labute approximate surface area is 241 Å². The lowest BCUT2D eigenvalue weighted by molar-refractivity contribution is -0.138. The van der Waals surface area contributed by atoms with Crippen molar-refractivity contribution in [3.63, 3.8) is 0 Å². The number of aryl methyl sites for hydroxylation is 1. The summed E-state index contributed by atoms with van der Waals surface area (Å²) in [7, 11) is -3.72. The van der Waals surface area contributed by atoms with Crippen LogP contribution >= 0.6 is 0 Å². The van der Waals surface area contributed by atoms with Gasteiger partial charge in [0, 0.05) is 31.6 Å². The molecule has 1 atom stereocenters. The number of carbonyl (C=O) groups is 2. The van der Waals surface area contributed by atoms with Crippen molar-refractivity contribution in [2.45, 2.75) is 84.4 Å². The summed E-state index contributed by atoms with van der Waals surface area (Å²) in [6.07, 6.45) is 4.57. The number of ether oxygens (including phenoxy) is 1. The SMILES string of the molecule is CCCCS(=O)(=O)NC(CC#Cc1ccc2ncn(CCC3CCN(C(=O)OC(C)(C)C)CC3)c(=O)c2c1)C(=O)O. The number of nitrogens with zero attached hydrogens (tertiary/aromatic N) is 3. The average molecular weight is 589 g/mol. The van der Waals surface area contributed by atoms with E-state index in [2.05, 4.69) is 21.5 Å². The molecule has 12 heteroatoms. The van der Waals surface area contributed by atoms with Crippen molar-refractivity contribution < 1.29 is 27.9 Å². The van der Waals surface area contributed by atoms with Crippen LogP contribution in [0.15, 0.2) is 29.3 Å². The van der Waals surface area contributed by atoms with E-state index in [1.54, 1.807) is 27.7 Å². The number of nitrogens with one attached hydrogen (secondary N) is 1. The highest BCUT2D eigenvalue weighted by atomic mass is 32.2. The summed E-state index contributed by atoms with van der Waals surface area (Å²) in [5.74, 6) is 4.49. The number of aliphatic carboxylic acids is 1. The standard InChI is InChI=1S/C29H40N4O7S/c1-5-6-18-41(38,39)31-25(27(35)36)9-7-8-22-10-11-24-23(19-22)26(34)33(20-30-24)17-14-21-12-15-32(16-13-21)28(37)40-29(2,3)4/h10-11,19-21,25,31H,5-6,9,12-18H2,1-4H3,(H,35,36). The normalized spacial score (nSPS) is 15.3. The zero-order chi connectivity index (χ0) is 30.2. The molecule has 41 heavy (non-hydrogen) atoms. The summed E-state index contributed by atoms with van der Waals surface area (Å²) in [5, 5.41) is 9.82. The molecule has 1 fully saturated rings. The van der Waals surface area contributed by atoms with Gasteiger partial charge in [0.15, 0.2) is 0 Å². The van der Waals surface area contributed by atoms with Gasteiger partial charge in [-0.25, -0.2) is 18.2 Å². The summed E-state index contributed by atoms with van der Waals surface area (Å²) < 4.78 is 33.4. The van der Waals surface area contributed by atoms with Crippen molar-refractivity contribution in [2.75, 3.05) is 18.8 Å². The molecule has 0 spiro atoms. The van der Waals surface area contributed by atoms with Gasteiger partial charge in [0.25, 0.3) is 5.56 Å². The minimum Gasteiger partial charge on any atom is -0.480 e. The number of carboxylic acids is 1. The Hall–Kier alpha value is -3.43. The van der Waals surface area contributed by atoms with Crippen LogP contribution in [0.2, 0.25) is 0 Å². The Balaban J connectivity index is 1.63. The summed E-state index contributed by atoms with van der Waals surface area (Å²) >= 11 is 0. The van der Waals surface area contributed by atoms with E-state index in [-0.39, 0.29) is 23.8 Å². The number of benzene rings is 1. The predicted octanol–water partition coefficient (Wildman–Crippen LogP) is 3.35. The fraction of sp³-hybridized carbons (Fsp3) is 0.586. The number of sulfonamides is 1. The Bertz CT molecular complexity index is 1460. The number of carbonyl (C=O) groups excluding carboxylic acids is 1. The second kappa shape index (κ2) is 14.0. The van der Waals surface area contributed by atoms with Crippen molar-refractivity contribution in [1.82, 2.24) is 19.2 Å². The topological polar surface area (TPSA) is 148 Å². The average Bonchev–Trinajstić information content (AvgIpc) is 2.90. The molecule has 224 valence electrons. The second-order valence-electron chi connectivity index (χ2n) is 11.4. The smallest absolute Gasteiger partial charge is 0.410 e. The Morgan fingerprint density at radius 1 is 1.24 bits per heavy atom. The first-order valence-electron chi connectivity index (χ1n) is 14.0. The Morgan fingerprint density at radius 2 is 1.95 bits per heavy atom. The first-order valence-corrected chi connectivity index (χ1v) is 15.6. The van der Waals surface area contributed by atoms with Crippen LogP contribution in [0, 0.1) is 17.8 Å². The van der Waals surface area contributed by atoms with Gasteiger partial charge < -0.3 is 14.7 Å². The van der Waals surface area contributed by atoms with Crippen molar-refractivity contribution >= 4 is 33.0 Å². The number of aromatic nitrogens is 2. The number of fused-ring (bicyclic) bond motifs is 1. The molecule has 0 saturated carbocycles. The summed E-state index contributed by atoms with van der Waals surface area (Å²) in [6.45, 7) is 9.12. The maximum Gasteiger partial charge on any atom is 0.410 e. The highest BCUT2D eigenvalue weighted by Gasteiger charge is 2.27. The van der Waals surface area contributed by atoms with Gasteiger partial charge in [-0.15, -0.1) is 0 Å². The van der Waals surface area contributed by atoms with Gasteiger partial charge >= 0.3 is 12.1 Å². The molecule has 0 aliphatic carbocycles. The quantitative estimate of drug-likeness (QED) is 0.402. The third-order valence-corrected chi connectivity index (χ3v) is 8.26. The van der Waals surface area contributed by atoms with Crippen LogP contribution < -0.4 is 10.3 Å². The van der Waals surface area contributed by atoms with E-state index in [9.17, 15) is 27.9 Å². The summed E-state index contributed by atoms with van der Waals surface area (Å²) in [5.41, 5.74) is 0.298. The third kappa shape index (κ3) is 9.86. The van der Waals surface area contributed by atoms with Crippen LogP contribution in [0.5, 0.6) is 0 Å². The number of hydrogen-bond donors (Lipinski definition) is 2. The summed E-state index contributed by atoms with van der Waals surface area (Å²) in [6, 6.07) is 3.62. The molecular formula is C29H40N4O7S. The van der Waals surface area contributed by atoms with Crippen LogP contribution in [0.25, 0.3) is 10.9 Å².